The molecule has 0 spiro atoms. The number of hydrogen-bond donors (Lipinski definition) is 2. The van der Waals surface area contributed by atoms with E-state index in [1.54, 1.807) is 6.20 Å². The van der Waals surface area contributed by atoms with Gasteiger partial charge in [-0.15, -0.1) is 0 Å². The van der Waals surface area contributed by atoms with Crippen LogP contribution in [0.1, 0.15) is 19.3 Å². The lowest BCUT2D eigenvalue weighted by molar-refractivity contribution is -0.122. The van der Waals surface area contributed by atoms with Gasteiger partial charge in [-0.05, 0) is 49.2 Å². The van der Waals surface area contributed by atoms with Crippen LogP contribution in [0.4, 0.5) is 17.1 Å². The highest BCUT2D eigenvalue weighted by Crippen LogP contribution is 2.28. The van der Waals surface area contributed by atoms with Gasteiger partial charge in [0.25, 0.3) is 0 Å². The first kappa shape index (κ1) is 14.7. The van der Waals surface area contributed by atoms with Gasteiger partial charge >= 0.3 is 0 Å². The SMILES string of the molecule is O=C(Nc1ccc(Nc2cccc3cccnc23)cc1)C1CCC1. The van der Waals surface area contributed by atoms with Crippen LogP contribution in [0.15, 0.2) is 60.8 Å². The average Bonchev–Trinajstić information content (AvgIpc) is 2.55. The van der Waals surface area contributed by atoms with E-state index in [1.165, 1.54) is 6.42 Å². The number of anilines is 3. The predicted octanol–water partition coefficient (Wildman–Crippen LogP) is 4.72. The van der Waals surface area contributed by atoms with Crippen molar-refractivity contribution in [3.05, 3.63) is 60.8 Å². The summed E-state index contributed by atoms with van der Waals surface area (Å²) in [6.45, 7) is 0. The highest BCUT2D eigenvalue weighted by molar-refractivity contribution is 5.94. The second-order valence-corrected chi connectivity index (χ2v) is 6.20. The molecule has 0 radical (unpaired) electrons. The molecule has 2 N–H and O–H groups in total. The normalized spacial score (nSPS) is 14.2. The molecule has 0 saturated heterocycles. The summed E-state index contributed by atoms with van der Waals surface area (Å²) in [5.41, 5.74) is 3.73. The van der Waals surface area contributed by atoms with E-state index in [0.717, 1.165) is 40.8 Å². The molecule has 0 bridgehead atoms. The number of amides is 1. The van der Waals surface area contributed by atoms with Crippen LogP contribution >= 0.6 is 0 Å². The number of nitrogens with zero attached hydrogens (tertiary/aromatic N) is 1. The van der Waals surface area contributed by atoms with Crippen molar-refractivity contribution in [1.82, 2.24) is 4.98 Å². The molecule has 120 valence electrons. The van der Waals surface area contributed by atoms with Crippen molar-refractivity contribution in [3.8, 4) is 0 Å². The maximum Gasteiger partial charge on any atom is 0.227 e. The summed E-state index contributed by atoms with van der Waals surface area (Å²) in [7, 11) is 0. The van der Waals surface area contributed by atoms with Crippen LogP contribution in [0.25, 0.3) is 10.9 Å². The van der Waals surface area contributed by atoms with Gasteiger partial charge in [0.2, 0.25) is 5.91 Å². The van der Waals surface area contributed by atoms with Crippen molar-refractivity contribution in [1.29, 1.82) is 0 Å². The molecular weight excluding hydrogens is 298 g/mol. The third-order valence-corrected chi connectivity index (χ3v) is 4.54. The zero-order chi connectivity index (χ0) is 16.4. The van der Waals surface area contributed by atoms with Crippen molar-refractivity contribution in [2.24, 2.45) is 5.92 Å². The van der Waals surface area contributed by atoms with Crippen molar-refractivity contribution < 1.29 is 4.79 Å². The monoisotopic (exact) mass is 317 g/mol. The molecule has 1 fully saturated rings. The molecule has 1 amide bonds. The number of hydrogen-bond acceptors (Lipinski definition) is 3. The average molecular weight is 317 g/mol. The Morgan fingerprint density at radius 3 is 2.46 bits per heavy atom. The topological polar surface area (TPSA) is 54.0 Å². The Kier molecular flexibility index (Phi) is 3.87. The van der Waals surface area contributed by atoms with Gasteiger partial charge in [0.05, 0.1) is 11.2 Å². The van der Waals surface area contributed by atoms with Crippen LogP contribution in [0.2, 0.25) is 0 Å². The van der Waals surface area contributed by atoms with E-state index >= 15 is 0 Å². The van der Waals surface area contributed by atoms with E-state index in [1.807, 2.05) is 54.6 Å². The molecule has 1 aliphatic rings. The van der Waals surface area contributed by atoms with Gasteiger partial charge in [-0.2, -0.15) is 0 Å². The number of para-hydroxylation sites is 1. The largest absolute Gasteiger partial charge is 0.354 e. The number of carbonyl (C=O) groups is 1. The fourth-order valence-corrected chi connectivity index (χ4v) is 2.91. The Hall–Kier alpha value is -2.88. The lowest BCUT2D eigenvalue weighted by atomic mass is 9.85. The lowest BCUT2D eigenvalue weighted by Crippen LogP contribution is -2.27. The molecule has 4 nitrogen and oxygen atoms in total. The molecule has 3 aromatic rings. The molecule has 4 rings (SSSR count). The minimum absolute atomic E-state index is 0.139. The summed E-state index contributed by atoms with van der Waals surface area (Å²) >= 11 is 0. The zero-order valence-corrected chi connectivity index (χ0v) is 13.3. The standard InChI is InChI=1S/C20H19N3O/c24-20(15-5-1-6-15)23-17-11-9-16(10-12-17)22-18-8-2-4-14-7-3-13-21-19(14)18/h2-4,7-13,15,22H,1,5-6H2,(H,23,24). The molecule has 1 heterocycles. The van der Waals surface area contributed by atoms with Crippen LogP contribution in [-0.2, 0) is 4.79 Å². The quantitative estimate of drug-likeness (QED) is 0.732. The van der Waals surface area contributed by atoms with Gasteiger partial charge in [0.1, 0.15) is 0 Å². The Balaban J connectivity index is 1.49. The summed E-state index contributed by atoms with van der Waals surface area (Å²) in [5, 5.41) is 7.49. The summed E-state index contributed by atoms with van der Waals surface area (Å²) in [4.78, 5) is 16.4. The highest BCUT2D eigenvalue weighted by atomic mass is 16.1. The second-order valence-electron chi connectivity index (χ2n) is 6.20. The first-order valence-electron chi connectivity index (χ1n) is 8.31. The van der Waals surface area contributed by atoms with Crippen molar-refractivity contribution in [2.45, 2.75) is 19.3 Å². The van der Waals surface area contributed by atoms with Gasteiger partial charge in [-0.1, -0.05) is 24.6 Å². The highest BCUT2D eigenvalue weighted by Gasteiger charge is 2.24. The molecule has 0 unspecified atom stereocenters. The number of nitrogens with one attached hydrogen (secondary N) is 2. The summed E-state index contributed by atoms with van der Waals surface area (Å²) in [5.74, 6) is 0.338. The molecule has 0 atom stereocenters. The third kappa shape index (κ3) is 2.95. The maximum absolute atomic E-state index is 12.0. The van der Waals surface area contributed by atoms with Crippen LogP contribution in [-0.4, -0.2) is 10.9 Å². The van der Waals surface area contributed by atoms with E-state index in [4.69, 9.17) is 0 Å². The maximum atomic E-state index is 12.0. The summed E-state index contributed by atoms with van der Waals surface area (Å²) in [6.07, 6.45) is 4.99. The van der Waals surface area contributed by atoms with Gasteiger partial charge in [0.15, 0.2) is 0 Å². The van der Waals surface area contributed by atoms with Crippen molar-refractivity contribution >= 4 is 33.9 Å². The smallest absolute Gasteiger partial charge is 0.227 e. The van der Waals surface area contributed by atoms with Crippen LogP contribution in [0.3, 0.4) is 0 Å². The molecule has 24 heavy (non-hydrogen) atoms. The number of carbonyl (C=O) groups excluding carboxylic acids is 1. The third-order valence-electron chi connectivity index (χ3n) is 4.54. The van der Waals surface area contributed by atoms with E-state index in [-0.39, 0.29) is 11.8 Å². The Morgan fingerprint density at radius 2 is 1.71 bits per heavy atom. The van der Waals surface area contributed by atoms with Crippen LogP contribution in [0, 0.1) is 5.92 Å². The molecule has 1 aliphatic carbocycles. The fraction of sp³-hybridized carbons (Fsp3) is 0.200. The van der Waals surface area contributed by atoms with Crippen LogP contribution in [0.5, 0.6) is 0 Å². The number of rotatable bonds is 4. The molecular formula is C20H19N3O. The van der Waals surface area contributed by atoms with E-state index in [2.05, 4.69) is 15.6 Å². The van der Waals surface area contributed by atoms with Crippen molar-refractivity contribution in [2.75, 3.05) is 10.6 Å². The number of fused-ring (bicyclic) bond motifs is 1. The Bertz CT molecular complexity index is 864. The summed E-state index contributed by atoms with van der Waals surface area (Å²) < 4.78 is 0. The number of pyridine rings is 1. The lowest BCUT2D eigenvalue weighted by Gasteiger charge is -2.24. The van der Waals surface area contributed by atoms with Crippen molar-refractivity contribution in [3.63, 3.8) is 0 Å². The minimum Gasteiger partial charge on any atom is -0.354 e. The molecule has 2 aromatic carbocycles. The molecule has 1 saturated carbocycles. The number of benzene rings is 2. The van der Waals surface area contributed by atoms with Crippen LogP contribution < -0.4 is 10.6 Å². The second kappa shape index (κ2) is 6.32. The van der Waals surface area contributed by atoms with Gasteiger partial charge in [-0.25, -0.2) is 0 Å². The molecule has 4 heteroatoms. The Labute approximate surface area is 140 Å². The van der Waals surface area contributed by atoms with E-state index in [9.17, 15) is 4.79 Å². The minimum atomic E-state index is 0.139. The Morgan fingerprint density at radius 1 is 0.958 bits per heavy atom. The first-order chi connectivity index (χ1) is 11.8. The predicted molar refractivity (Wildman–Crippen MR) is 97.4 cm³/mol. The number of aromatic nitrogens is 1. The van der Waals surface area contributed by atoms with E-state index in [0.29, 0.717) is 0 Å². The van der Waals surface area contributed by atoms with Gasteiger partial charge in [0, 0.05) is 28.9 Å². The van der Waals surface area contributed by atoms with Gasteiger partial charge in [-0.3, -0.25) is 9.78 Å². The molecule has 1 aromatic heterocycles. The van der Waals surface area contributed by atoms with Gasteiger partial charge < -0.3 is 10.6 Å². The zero-order valence-electron chi connectivity index (χ0n) is 13.3. The van der Waals surface area contributed by atoms with E-state index < -0.39 is 0 Å². The summed E-state index contributed by atoms with van der Waals surface area (Å²) in [6, 6.07) is 17.9. The molecule has 0 aliphatic heterocycles. The fourth-order valence-electron chi connectivity index (χ4n) is 2.91. The first-order valence-corrected chi connectivity index (χ1v) is 8.31.